The summed E-state index contributed by atoms with van der Waals surface area (Å²) in [6.45, 7) is 2.15. The molecule has 3 aromatic rings. The number of hydrogen-bond donors (Lipinski definition) is 1. The van der Waals surface area contributed by atoms with Gasteiger partial charge in [-0.2, -0.15) is 14.9 Å². The third-order valence-electron chi connectivity index (χ3n) is 4.98. The molecule has 2 heterocycles. The number of hydrogen-bond acceptors (Lipinski definition) is 4. The van der Waals surface area contributed by atoms with E-state index in [4.69, 9.17) is 10.8 Å². The van der Waals surface area contributed by atoms with Gasteiger partial charge >= 0.3 is 0 Å². The van der Waals surface area contributed by atoms with E-state index in [0.29, 0.717) is 5.82 Å². The first-order valence-electron chi connectivity index (χ1n) is 9.48. The Labute approximate surface area is 164 Å². The third-order valence-corrected chi connectivity index (χ3v) is 5.83. The maximum atomic E-state index is 6.65. The average molecular weight is 380 g/mol. The van der Waals surface area contributed by atoms with Gasteiger partial charge in [0, 0.05) is 19.3 Å². The first kappa shape index (κ1) is 17.9. The maximum absolute atomic E-state index is 6.65. The van der Waals surface area contributed by atoms with Crippen LogP contribution in [0.1, 0.15) is 43.7 Å². The van der Waals surface area contributed by atoms with Crippen LogP contribution in [0.25, 0.3) is 17.0 Å². The van der Waals surface area contributed by atoms with E-state index in [-0.39, 0.29) is 0 Å². The molecular formula is C21H25N5S. The van der Waals surface area contributed by atoms with E-state index in [1.165, 1.54) is 29.6 Å². The van der Waals surface area contributed by atoms with Crippen LogP contribution in [0.2, 0.25) is 0 Å². The summed E-state index contributed by atoms with van der Waals surface area (Å²) in [5, 5.41) is 10.3. The van der Waals surface area contributed by atoms with E-state index in [0.717, 1.165) is 35.0 Å². The summed E-state index contributed by atoms with van der Waals surface area (Å²) in [4.78, 5) is 0. The summed E-state index contributed by atoms with van der Waals surface area (Å²) in [7, 11) is 1.91. The van der Waals surface area contributed by atoms with Gasteiger partial charge in [-0.3, -0.25) is 4.68 Å². The number of allylic oxidation sites excluding steroid dienone is 2. The quantitative estimate of drug-likeness (QED) is 0.648. The molecule has 0 bridgehead atoms. The largest absolute Gasteiger partial charge is 0.383 e. The van der Waals surface area contributed by atoms with Gasteiger partial charge in [0.15, 0.2) is 5.82 Å². The predicted molar refractivity (Wildman–Crippen MR) is 113 cm³/mol. The van der Waals surface area contributed by atoms with Gasteiger partial charge in [0.25, 0.3) is 0 Å². The van der Waals surface area contributed by atoms with E-state index in [1.807, 2.05) is 19.3 Å². The van der Waals surface area contributed by atoms with Crippen molar-refractivity contribution < 1.29 is 0 Å². The van der Waals surface area contributed by atoms with Crippen LogP contribution in [0.3, 0.4) is 0 Å². The van der Waals surface area contributed by atoms with E-state index in [9.17, 15) is 0 Å². The molecule has 0 amide bonds. The van der Waals surface area contributed by atoms with Crippen LogP contribution >= 0.6 is 11.8 Å². The van der Waals surface area contributed by atoms with Gasteiger partial charge < -0.3 is 5.73 Å². The van der Waals surface area contributed by atoms with Crippen molar-refractivity contribution in [1.82, 2.24) is 19.6 Å². The van der Waals surface area contributed by atoms with Gasteiger partial charge in [0.05, 0.1) is 5.56 Å². The fraction of sp³-hybridized carbons (Fsp3) is 0.333. The zero-order chi connectivity index (χ0) is 18.8. The minimum Gasteiger partial charge on any atom is -0.383 e. The number of thioether (sulfide) groups is 1. The molecule has 2 N–H and O–H groups in total. The predicted octanol–water partition coefficient (Wildman–Crippen LogP) is 4.78. The molecular weight excluding hydrogens is 354 g/mol. The Morgan fingerprint density at radius 3 is 2.44 bits per heavy atom. The van der Waals surface area contributed by atoms with Gasteiger partial charge in [0.1, 0.15) is 10.8 Å². The first-order valence-corrected chi connectivity index (χ1v) is 10.5. The standard InChI is InChI=1S/C21H25N5S/c1-3-27-21-19(20(22)26(24-21)18-13-14-25(2)23-18)17-12-8-7-11-16(17)15-9-5-4-6-10-15/h4-6,9-10,13-14H,3,7-8,11-12,22H2,1-2H3. The van der Waals surface area contributed by atoms with E-state index in [2.05, 4.69) is 42.4 Å². The molecule has 1 aromatic carbocycles. The molecule has 5 nitrogen and oxygen atoms in total. The highest BCUT2D eigenvalue weighted by molar-refractivity contribution is 7.99. The van der Waals surface area contributed by atoms with Crippen LogP contribution in [-0.4, -0.2) is 25.3 Å². The van der Waals surface area contributed by atoms with Crippen molar-refractivity contribution in [3.63, 3.8) is 0 Å². The van der Waals surface area contributed by atoms with Crippen molar-refractivity contribution in [2.45, 2.75) is 37.6 Å². The fourth-order valence-corrected chi connectivity index (χ4v) is 4.55. The Bertz CT molecular complexity index is 968. The number of benzene rings is 1. The SMILES string of the molecule is CCSc1nn(-c2ccn(C)n2)c(N)c1C1=C(c2ccccc2)CCCC1. The minimum atomic E-state index is 0.690. The van der Waals surface area contributed by atoms with Crippen LogP contribution in [-0.2, 0) is 7.05 Å². The molecule has 6 heteroatoms. The highest BCUT2D eigenvalue weighted by atomic mass is 32.2. The Balaban J connectivity index is 1.91. The summed E-state index contributed by atoms with van der Waals surface area (Å²) in [5.41, 5.74) is 11.8. The molecule has 27 heavy (non-hydrogen) atoms. The highest BCUT2D eigenvalue weighted by Gasteiger charge is 2.25. The Morgan fingerprint density at radius 2 is 1.78 bits per heavy atom. The molecule has 0 atom stereocenters. The van der Waals surface area contributed by atoms with Crippen LogP contribution in [0.15, 0.2) is 47.6 Å². The Kier molecular flexibility index (Phi) is 5.07. The number of rotatable bonds is 5. The summed E-state index contributed by atoms with van der Waals surface area (Å²) in [6.07, 6.45) is 6.45. The lowest BCUT2D eigenvalue weighted by atomic mass is 9.84. The molecule has 0 radical (unpaired) electrons. The molecule has 0 saturated heterocycles. The number of nitrogen functional groups attached to an aromatic ring is 1. The Hall–Kier alpha value is -2.47. The van der Waals surface area contributed by atoms with Crippen molar-refractivity contribution in [2.24, 2.45) is 7.05 Å². The number of nitrogens with zero attached hydrogens (tertiary/aromatic N) is 4. The molecule has 0 aliphatic heterocycles. The zero-order valence-corrected chi connectivity index (χ0v) is 16.7. The molecule has 2 aromatic heterocycles. The molecule has 140 valence electrons. The summed E-state index contributed by atoms with van der Waals surface area (Å²) in [6, 6.07) is 12.6. The maximum Gasteiger partial charge on any atom is 0.177 e. The van der Waals surface area contributed by atoms with Gasteiger partial charge in [0.2, 0.25) is 0 Å². The van der Waals surface area contributed by atoms with E-state index < -0.39 is 0 Å². The van der Waals surface area contributed by atoms with E-state index in [1.54, 1.807) is 21.1 Å². The van der Waals surface area contributed by atoms with Crippen molar-refractivity contribution in [1.29, 1.82) is 0 Å². The number of nitrogens with two attached hydrogens (primary N) is 1. The van der Waals surface area contributed by atoms with Crippen molar-refractivity contribution >= 4 is 28.7 Å². The smallest absolute Gasteiger partial charge is 0.177 e. The molecule has 0 unspecified atom stereocenters. The number of aryl methyl sites for hydroxylation is 1. The highest BCUT2D eigenvalue weighted by Crippen LogP contribution is 2.43. The number of aromatic nitrogens is 4. The first-order chi connectivity index (χ1) is 13.2. The fourth-order valence-electron chi connectivity index (χ4n) is 3.76. The van der Waals surface area contributed by atoms with Gasteiger partial charge in [-0.25, -0.2) is 0 Å². The van der Waals surface area contributed by atoms with E-state index >= 15 is 0 Å². The molecule has 4 rings (SSSR count). The van der Waals surface area contributed by atoms with Gasteiger partial charge in [-0.05, 0) is 48.1 Å². The van der Waals surface area contributed by atoms with Gasteiger partial charge in [-0.1, -0.05) is 37.3 Å². The molecule has 0 saturated carbocycles. The monoisotopic (exact) mass is 379 g/mol. The summed E-state index contributed by atoms with van der Waals surface area (Å²) in [5.74, 6) is 2.41. The molecule has 1 aliphatic rings. The van der Waals surface area contributed by atoms with Crippen LogP contribution in [0, 0.1) is 0 Å². The lowest BCUT2D eigenvalue weighted by Crippen LogP contribution is -2.06. The zero-order valence-electron chi connectivity index (χ0n) is 15.9. The molecule has 0 spiro atoms. The van der Waals surface area contributed by atoms with Crippen molar-refractivity contribution in [2.75, 3.05) is 11.5 Å². The second-order valence-electron chi connectivity index (χ2n) is 6.79. The normalized spacial score (nSPS) is 14.7. The third kappa shape index (κ3) is 3.41. The van der Waals surface area contributed by atoms with Crippen LogP contribution in [0.4, 0.5) is 5.82 Å². The molecule has 0 fully saturated rings. The average Bonchev–Trinajstić information content (AvgIpc) is 3.26. The minimum absolute atomic E-state index is 0.690. The number of anilines is 1. The second-order valence-corrected chi connectivity index (χ2v) is 8.04. The summed E-state index contributed by atoms with van der Waals surface area (Å²) >= 11 is 1.75. The van der Waals surface area contributed by atoms with Crippen LogP contribution in [0.5, 0.6) is 0 Å². The molecule has 1 aliphatic carbocycles. The summed E-state index contributed by atoms with van der Waals surface area (Å²) < 4.78 is 3.57. The van der Waals surface area contributed by atoms with Crippen molar-refractivity contribution in [3.8, 4) is 5.82 Å². The lowest BCUT2D eigenvalue weighted by molar-refractivity contribution is 0.726. The topological polar surface area (TPSA) is 61.7 Å². The van der Waals surface area contributed by atoms with Crippen molar-refractivity contribution in [3.05, 3.63) is 53.7 Å². The second kappa shape index (κ2) is 7.64. The lowest BCUT2D eigenvalue weighted by Gasteiger charge is -2.21. The Morgan fingerprint density at radius 1 is 1.04 bits per heavy atom. The van der Waals surface area contributed by atoms with Gasteiger partial charge in [-0.15, -0.1) is 11.8 Å². The van der Waals surface area contributed by atoms with Crippen LogP contribution < -0.4 is 5.73 Å².